The van der Waals surface area contributed by atoms with Gasteiger partial charge >= 0.3 is 0 Å². The molecule has 0 atom stereocenters. The molecule has 8 heteroatoms. The van der Waals surface area contributed by atoms with E-state index in [-0.39, 0.29) is 18.2 Å². The molecule has 2 aromatic carbocycles. The molecule has 0 aliphatic heterocycles. The number of anilines is 1. The lowest BCUT2D eigenvalue weighted by molar-refractivity contribution is -0.125. The smallest absolute Gasteiger partial charge is 0.258 e. The molecule has 2 amide bonds. The van der Waals surface area contributed by atoms with Crippen LogP contribution in [0.4, 0.5) is 5.69 Å². The third kappa shape index (κ3) is 5.55. The van der Waals surface area contributed by atoms with Gasteiger partial charge in [-0.25, -0.2) is 0 Å². The molecule has 0 bridgehead atoms. The third-order valence-corrected chi connectivity index (χ3v) is 3.92. The second kappa shape index (κ2) is 9.15. The number of ether oxygens (including phenoxy) is 2. The molecule has 0 fully saturated rings. The summed E-state index contributed by atoms with van der Waals surface area (Å²) in [6, 6.07) is 11.8. The van der Waals surface area contributed by atoms with Crippen molar-refractivity contribution < 1.29 is 19.1 Å². The summed E-state index contributed by atoms with van der Waals surface area (Å²) in [6.07, 6.45) is 0. The van der Waals surface area contributed by atoms with E-state index in [9.17, 15) is 9.59 Å². The van der Waals surface area contributed by atoms with Crippen LogP contribution < -0.4 is 20.1 Å². The summed E-state index contributed by atoms with van der Waals surface area (Å²) in [5.41, 5.74) is 0.374. The average Bonchev–Trinajstić information content (AvgIpc) is 2.62. The van der Waals surface area contributed by atoms with Gasteiger partial charge in [0.1, 0.15) is 0 Å². The molecule has 132 valence electrons. The van der Waals surface area contributed by atoms with Crippen LogP contribution in [0.1, 0.15) is 0 Å². The molecule has 2 aromatic rings. The van der Waals surface area contributed by atoms with Crippen molar-refractivity contribution in [2.45, 2.75) is 0 Å². The van der Waals surface area contributed by atoms with Crippen LogP contribution in [0.5, 0.6) is 11.5 Å². The van der Waals surface area contributed by atoms with E-state index in [0.29, 0.717) is 22.2 Å². The van der Waals surface area contributed by atoms with Crippen LogP contribution in [-0.4, -0.2) is 32.1 Å². The molecule has 0 aromatic heterocycles. The van der Waals surface area contributed by atoms with Gasteiger partial charge in [-0.05, 0) is 24.3 Å². The van der Waals surface area contributed by atoms with E-state index >= 15 is 0 Å². The van der Waals surface area contributed by atoms with Crippen molar-refractivity contribution in [1.29, 1.82) is 0 Å². The second-order valence-corrected chi connectivity index (χ2v) is 5.65. The SMILES string of the molecule is COc1ccccc1OCC(=O)NCC(=O)Nc1cccc(Cl)c1Cl. The highest BCUT2D eigenvalue weighted by atomic mass is 35.5. The lowest BCUT2D eigenvalue weighted by Gasteiger charge is -2.11. The Balaban J connectivity index is 1.79. The summed E-state index contributed by atoms with van der Waals surface area (Å²) in [4.78, 5) is 23.7. The first-order valence-corrected chi connectivity index (χ1v) is 8.03. The molecule has 0 saturated carbocycles. The van der Waals surface area contributed by atoms with E-state index in [2.05, 4.69) is 10.6 Å². The van der Waals surface area contributed by atoms with Crippen LogP contribution in [0.2, 0.25) is 10.0 Å². The highest BCUT2D eigenvalue weighted by molar-refractivity contribution is 6.44. The fourth-order valence-electron chi connectivity index (χ4n) is 1.91. The molecule has 0 saturated heterocycles. The van der Waals surface area contributed by atoms with Gasteiger partial charge in [-0.15, -0.1) is 0 Å². The van der Waals surface area contributed by atoms with Gasteiger partial charge in [0.15, 0.2) is 18.1 Å². The molecular formula is C17H16Cl2N2O4. The highest BCUT2D eigenvalue weighted by Gasteiger charge is 2.11. The minimum absolute atomic E-state index is 0.225. The molecule has 0 unspecified atom stereocenters. The van der Waals surface area contributed by atoms with Crippen molar-refractivity contribution in [2.24, 2.45) is 0 Å². The van der Waals surface area contributed by atoms with Crippen molar-refractivity contribution in [2.75, 3.05) is 25.6 Å². The van der Waals surface area contributed by atoms with E-state index in [1.165, 1.54) is 7.11 Å². The minimum atomic E-state index is -0.446. The molecular weight excluding hydrogens is 367 g/mol. The van der Waals surface area contributed by atoms with E-state index in [4.69, 9.17) is 32.7 Å². The van der Waals surface area contributed by atoms with Gasteiger partial charge in [-0.1, -0.05) is 41.4 Å². The van der Waals surface area contributed by atoms with Gasteiger partial charge < -0.3 is 20.1 Å². The van der Waals surface area contributed by atoms with Gasteiger partial charge in [0.25, 0.3) is 5.91 Å². The summed E-state index contributed by atoms with van der Waals surface area (Å²) in [6.45, 7) is -0.470. The Kier molecular flexibility index (Phi) is 6.91. The molecule has 6 nitrogen and oxygen atoms in total. The molecule has 2 N–H and O–H groups in total. The first-order valence-electron chi connectivity index (χ1n) is 7.27. The molecule has 0 heterocycles. The number of amides is 2. The quantitative estimate of drug-likeness (QED) is 0.770. The molecule has 2 rings (SSSR count). The van der Waals surface area contributed by atoms with E-state index in [0.717, 1.165) is 0 Å². The third-order valence-electron chi connectivity index (χ3n) is 3.10. The van der Waals surface area contributed by atoms with Gasteiger partial charge in [0.05, 0.1) is 29.4 Å². The van der Waals surface area contributed by atoms with Crippen LogP contribution in [0.3, 0.4) is 0 Å². The maximum Gasteiger partial charge on any atom is 0.258 e. The second-order valence-electron chi connectivity index (χ2n) is 4.87. The first kappa shape index (κ1) is 18.9. The molecule has 25 heavy (non-hydrogen) atoms. The number of benzene rings is 2. The van der Waals surface area contributed by atoms with Crippen LogP contribution in [0, 0.1) is 0 Å². The van der Waals surface area contributed by atoms with Crippen molar-refractivity contribution in [3.63, 3.8) is 0 Å². The van der Waals surface area contributed by atoms with Crippen LogP contribution >= 0.6 is 23.2 Å². The Morgan fingerprint density at radius 2 is 1.72 bits per heavy atom. The van der Waals surface area contributed by atoms with Crippen molar-refractivity contribution >= 4 is 40.7 Å². The van der Waals surface area contributed by atoms with Crippen LogP contribution in [0.25, 0.3) is 0 Å². The largest absolute Gasteiger partial charge is 0.493 e. The number of halogens is 2. The van der Waals surface area contributed by atoms with Crippen molar-refractivity contribution in [3.05, 3.63) is 52.5 Å². The number of carbonyl (C=O) groups is 2. The summed E-state index contributed by atoms with van der Waals surface area (Å²) in [5.74, 6) is 0.0759. The highest BCUT2D eigenvalue weighted by Crippen LogP contribution is 2.29. The average molecular weight is 383 g/mol. The van der Waals surface area contributed by atoms with Gasteiger partial charge in [-0.2, -0.15) is 0 Å². The zero-order valence-electron chi connectivity index (χ0n) is 13.3. The number of nitrogens with one attached hydrogen (secondary N) is 2. The van der Waals surface area contributed by atoms with E-state index in [1.54, 1.807) is 42.5 Å². The number of hydrogen-bond acceptors (Lipinski definition) is 4. The number of methoxy groups -OCH3 is 1. The van der Waals surface area contributed by atoms with Crippen molar-refractivity contribution in [1.82, 2.24) is 5.32 Å². The Morgan fingerprint density at radius 1 is 1.00 bits per heavy atom. The summed E-state index contributed by atoms with van der Waals surface area (Å²) < 4.78 is 10.5. The normalized spacial score (nSPS) is 10.0. The standard InChI is InChI=1S/C17H16Cl2N2O4/c1-24-13-7-2-3-8-14(13)25-10-16(23)20-9-15(22)21-12-6-4-5-11(18)17(12)19/h2-8H,9-10H2,1H3,(H,20,23)(H,21,22). The zero-order chi connectivity index (χ0) is 18.2. The molecule has 0 aliphatic rings. The Morgan fingerprint density at radius 3 is 2.44 bits per heavy atom. The Labute approximate surface area is 155 Å². The minimum Gasteiger partial charge on any atom is -0.493 e. The number of hydrogen-bond donors (Lipinski definition) is 2. The van der Waals surface area contributed by atoms with Gasteiger partial charge in [0.2, 0.25) is 5.91 Å². The number of rotatable bonds is 7. The van der Waals surface area contributed by atoms with E-state index in [1.807, 2.05) is 0 Å². The van der Waals surface area contributed by atoms with Crippen LogP contribution in [0.15, 0.2) is 42.5 Å². The molecule has 0 radical (unpaired) electrons. The summed E-state index contributed by atoms with van der Waals surface area (Å²) >= 11 is 11.8. The number of carbonyl (C=O) groups excluding carboxylic acids is 2. The first-order chi connectivity index (χ1) is 12.0. The molecule has 0 aliphatic carbocycles. The van der Waals surface area contributed by atoms with Crippen molar-refractivity contribution in [3.8, 4) is 11.5 Å². The fourth-order valence-corrected chi connectivity index (χ4v) is 2.25. The Bertz CT molecular complexity index is 768. The predicted octanol–water partition coefficient (Wildman–Crippen LogP) is 3.14. The van der Waals surface area contributed by atoms with Gasteiger partial charge in [0, 0.05) is 0 Å². The maximum atomic E-state index is 11.9. The topological polar surface area (TPSA) is 76.7 Å². The predicted molar refractivity (Wildman–Crippen MR) is 96.6 cm³/mol. The summed E-state index contributed by atoms with van der Waals surface area (Å²) in [7, 11) is 1.51. The lowest BCUT2D eigenvalue weighted by Crippen LogP contribution is -2.35. The lowest BCUT2D eigenvalue weighted by atomic mass is 10.3. The monoisotopic (exact) mass is 382 g/mol. The summed E-state index contributed by atoms with van der Waals surface area (Å²) in [5, 5.41) is 5.59. The zero-order valence-corrected chi connectivity index (χ0v) is 14.9. The number of para-hydroxylation sites is 2. The van der Waals surface area contributed by atoms with Gasteiger partial charge in [-0.3, -0.25) is 9.59 Å². The molecule has 0 spiro atoms. The fraction of sp³-hybridized carbons (Fsp3) is 0.176. The maximum absolute atomic E-state index is 11.9. The van der Waals surface area contributed by atoms with E-state index < -0.39 is 11.8 Å². The van der Waals surface area contributed by atoms with Crippen LogP contribution in [-0.2, 0) is 9.59 Å². The Hall–Kier alpha value is -2.44.